The van der Waals surface area contributed by atoms with Crippen molar-refractivity contribution in [3.8, 4) is 0 Å². The molecule has 0 radical (unpaired) electrons. The second-order valence-electron chi connectivity index (χ2n) is 2.19. The number of hydrogen-bond donors (Lipinski definition) is 0. The highest BCUT2D eigenvalue weighted by Crippen LogP contribution is 1.86. The van der Waals surface area contributed by atoms with Crippen molar-refractivity contribution in [2.45, 2.75) is 20.3 Å². The molecule has 0 aromatic rings. The van der Waals surface area contributed by atoms with E-state index in [0.29, 0.717) is 6.42 Å². The van der Waals surface area contributed by atoms with Gasteiger partial charge in [-0.15, -0.1) is 5.73 Å². The van der Waals surface area contributed by atoms with Gasteiger partial charge in [-0.05, 0) is 25.5 Å². The van der Waals surface area contributed by atoms with E-state index in [2.05, 4.69) is 5.73 Å². The smallest absolute Gasteiger partial charge is 0.207 e. The van der Waals surface area contributed by atoms with E-state index >= 15 is 0 Å². The first kappa shape index (κ1) is 8.92. The fourth-order valence-electron chi connectivity index (χ4n) is 0.446. The second kappa shape index (κ2) is 4.77. The zero-order valence-corrected chi connectivity index (χ0v) is 6.26. The van der Waals surface area contributed by atoms with Crippen LogP contribution in [0.4, 0.5) is 0 Å². The van der Waals surface area contributed by atoms with Gasteiger partial charge in [0.2, 0.25) is 6.54 Å². The van der Waals surface area contributed by atoms with Gasteiger partial charge in [-0.3, -0.25) is 10.1 Å². The van der Waals surface area contributed by atoms with Crippen molar-refractivity contribution in [1.82, 2.24) is 0 Å². The van der Waals surface area contributed by atoms with Crippen LogP contribution in [-0.4, -0.2) is 11.5 Å². The van der Waals surface area contributed by atoms with Crippen molar-refractivity contribution >= 4 is 0 Å². The van der Waals surface area contributed by atoms with Crippen LogP contribution in [0.2, 0.25) is 0 Å². The van der Waals surface area contributed by atoms with E-state index in [1.54, 1.807) is 6.08 Å². The third-order valence-electron chi connectivity index (χ3n) is 0.847. The van der Waals surface area contributed by atoms with Crippen LogP contribution in [0, 0.1) is 10.1 Å². The van der Waals surface area contributed by atoms with Gasteiger partial charge in [0, 0.05) is 11.3 Å². The lowest BCUT2D eigenvalue weighted by Crippen LogP contribution is -1.97. The molecule has 0 N–H and O–H groups in total. The molecule has 3 heteroatoms. The lowest BCUT2D eigenvalue weighted by atomic mass is 10.3. The van der Waals surface area contributed by atoms with Crippen LogP contribution >= 0.6 is 0 Å². The Labute approximate surface area is 60.2 Å². The van der Waals surface area contributed by atoms with Crippen molar-refractivity contribution in [1.29, 1.82) is 0 Å². The quantitative estimate of drug-likeness (QED) is 0.341. The summed E-state index contributed by atoms with van der Waals surface area (Å²) in [6, 6.07) is 0. The highest BCUT2D eigenvalue weighted by molar-refractivity contribution is 4.93. The molecule has 0 heterocycles. The third kappa shape index (κ3) is 6.92. The Hall–Kier alpha value is -1.08. The molecule has 10 heavy (non-hydrogen) atoms. The van der Waals surface area contributed by atoms with Gasteiger partial charge in [0.15, 0.2) is 0 Å². The average molecular weight is 141 g/mol. The summed E-state index contributed by atoms with van der Waals surface area (Å²) in [5, 5.41) is 9.79. The standard InChI is InChI=1S/C7H11NO2/c1-7(2)5-3-4-6-8(9)10/h3H,4,6H2,1-2H3. The van der Waals surface area contributed by atoms with Crippen molar-refractivity contribution in [3.05, 3.63) is 27.5 Å². The summed E-state index contributed by atoms with van der Waals surface area (Å²) in [4.78, 5) is 9.46. The Morgan fingerprint density at radius 3 is 2.70 bits per heavy atom. The fourth-order valence-corrected chi connectivity index (χ4v) is 0.446. The van der Waals surface area contributed by atoms with Gasteiger partial charge in [-0.2, -0.15) is 0 Å². The Morgan fingerprint density at radius 2 is 2.30 bits per heavy atom. The van der Waals surface area contributed by atoms with Gasteiger partial charge in [0.05, 0.1) is 0 Å². The van der Waals surface area contributed by atoms with Crippen molar-refractivity contribution in [2.24, 2.45) is 0 Å². The van der Waals surface area contributed by atoms with Crippen LogP contribution in [0.3, 0.4) is 0 Å². The summed E-state index contributed by atoms with van der Waals surface area (Å²) in [6.07, 6.45) is 2.16. The maximum atomic E-state index is 9.79. The molecule has 0 rings (SSSR count). The van der Waals surface area contributed by atoms with E-state index in [4.69, 9.17) is 0 Å². The molecule has 0 aliphatic heterocycles. The molecular formula is C7H11NO2. The number of rotatable bonds is 3. The molecule has 0 bridgehead atoms. The molecule has 0 amide bonds. The summed E-state index contributed by atoms with van der Waals surface area (Å²) in [5.74, 6) is 0. The van der Waals surface area contributed by atoms with Gasteiger partial charge in [-0.25, -0.2) is 0 Å². The monoisotopic (exact) mass is 141 g/mol. The van der Waals surface area contributed by atoms with Crippen LogP contribution < -0.4 is 0 Å². The molecule has 0 spiro atoms. The van der Waals surface area contributed by atoms with E-state index in [-0.39, 0.29) is 11.5 Å². The summed E-state index contributed by atoms with van der Waals surface area (Å²) >= 11 is 0. The van der Waals surface area contributed by atoms with E-state index in [0.717, 1.165) is 5.57 Å². The highest BCUT2D eigenvalue weighted by atomic mass is 16.6. The normalized spacial score (nSPS) is 8.20. The predicted molar refractivity (Wildman–Crippen MR) is 39.4 cm³/mol. The van der Waals surface area contributed by atoms with E-state index in [1.807, 2.05) is 13.8 Å². The molecule has 0 aliphatic carbocycles. The summed E-state index contributed by atoms with van der Waals surface area (Å²) in [5.41, 5.74) is 3.93. The largest absolute Gasteiger partial charge is 0.265 e. The van der Waals surface area contributed by atoms with Gasteiger partial charge >= 0.3 is 0 Å². The predicted octanol–water partition coefficient (Wildman–Crippen LogP) is 1.77. The Morgan fingerprint density at radius 1 is 1.70 bits per heavy atom. The van der Waals surface area contributed by atoms with Crippen LogP contribution in [-0.2, 0) is 0 Å². The minimum atomic E-state index is -0.330. The zero-order chi connectivity index (χ0) is 7.98. The Balaban J connectivity index is 3.56. The molecule has 0 fully saturated rings. The zero-order valence-electron chi connectivity index (χ0n) is 6.26. The molecule has 0 aromatic heterocycles. The molecule has 0 aromatic carbocycles. The van der Waals surface area contributed by atoms with Crippen molar-refractivity contribution in [3.63, 3.8) is 0 Å². The van der Waals surface area contributed by atoms with Crippen LogP contribution in [0.5, 0.6) is 0 Å². The molecule has 56 valence electrons. The van der Waals surface area contributed by atoms with Crippen LogP contribution in [0.15, 0.2) is 17.4 Å². The summed E-state index contributed by atoms with van der Waals surface area (Å²) < 4.78 is 0. The first-order valence-corrected chi connectivity index (χ1v) is 3.13. The minimum absolute atomic E-state index is 0.000278. The van der Waals surface area contributed by atoms with E-state index in [9.17, 15) is 10.1 Å². The number of hydrogen-bond acceptors (Lipinski definition) is 2. The highest BCUT2D eigenvalue weighted by Gasteiger charge is 1.89. The SMILES string of the molecule is CC(C)=C=CCC[N+](=O)[O-]. The number of nitro groups is 1. The van der Waals surface area contributed by atoms with Crippen molar-refractivity contribution in [2.75, 3.05) is 6.54 Å². The first-order valence-electron chi connectivity index (χ1n) is 3.13. The van der Waals surface area contributed by atoms with Crippen LogP contribution in [0.25, 0.3) is 0 Å². The topological polar surface area (TPSA) is 43.1 Å². The third-order valence-corrected chi connectivity index (χ3v) is 0.847. The average Bonchev–Trinajstić information content (AvgIpc) is 1.79. The minimum Gasteiger partial charge on any atom is -0.265 e. The molecule has 0 saturated heterocycles. The fraction of sp³-hybridized carbons (Fsp3) is 0.571. The van der Waals surface area contributed by atoms with E-state index in [1.165, 1.54) is 0 Å². The Bertz CT molecular complexity index is 174. The molecular weight excluding hydrogens is 130 g/mol. The lowest BCUT2D eigenvalue weighted by Gasteiger charge is -1.83. The van der Waals surface area contributed by atoms with Gasteiger partial charge < -0.3 is 0 Å². The Kier molecular flexibility index (Phi) is 4.25. The first-order chi connectivity index (χ1) is 4.63. The molecule has 0 aliphatic rings. The van der Waals surface area contributed by atoms with Gasteiger partial charge in [0.1, 0.15) is 0 Å². The maximum absolute atomic E-state index is 9.79. The molecule has 0 unspecified atom stereocenters. The van der Waals surface area contributed by atoms with Gasteiger partial charge in [0.25, 0.3) is 0 Å². The summed E-state index contributed by atoms with van der Waals surface area (Å²) in [6.45, 7) is 3.81. The van der Waals surface area contributed by atoms with Gasteiger partial charge in [-0.1, -0.05) is 0 Å². The molecule has 0 saturated carbocycles. The molecule has 0 atom stereocenters. The van der Waals surface area contributed by atoms with Crippen LogP contribution in [0.1, 0.15) is 20.3 Å². The second-order valence-corrected chi connectivity index (χ2v) is 2.19. The van der Waals surface area contributed by atoms with Crippen molar-refractivity contribution < 1.29 is 4.92 Å². The maximum Gasteiger partial charge on any atom is 0.207 e. The summed E-state index contributed by atoms with van der Waals surface area (Å²) in [7, 11) is 0. The van der Waals surface area contributed by atoms with E-state index < -0.39 is 0 Å². The number of nitrogens with zero attached hydrogens (tertiary/aromatic N) is 1. The molecule has 3 nitrogen and oxygen atoms in total. The lowest BCUT2D eigenvalue weighted by molar-refractivity contribution is -0.478.